The molecule has 6 heteroatoms. The number of ketones is 1. The van der Waals surface area contributed by atoms with E-state index < -0.39 is 0 Å². The summed E-state index contributed by atoms with van der Waals surface area (Å²) in [5.41, 5.74) is 1.98. The van der Waals surface area contributed by atoms with Crippen LogP contribution in [0, 0.1) is 0 Å². The van der Waals surface area contributed by atoms with E-state index in [9.17, 15) is 9.59 Å². The van der Waals surface area contributed by atoms with Crippen LogP contribution in [0.3, 0.4) is 0 Å². The number of rotatable bonds is 5. The second-order valence-electron chi connectivity index (χ2n) is 5.51. The molecule has 26 heavy (non-hydrogen) atoms. The smallest absolute Gasteiger partial charge is 0.290 e. The molecule has 0 unspecified atom stereocenters. The van der Waals surface area contributed by atoms with Gasteiger partial charge >= 0.3 is 0 Å². The average molecular weight is 432 g/mol. The topological polar surface area (TPSA) is 50.0 Å². The molecule has 2 aromatic carbocycles. The largest absolute Gasteiger partial charge is 1.00 e. The minimum Gasteiger partial charge on any atom is -1.00 e. The quantitative estimate of drug-likeness (QED) is 0.475. The summed E-state index contributed by atoms with van der Waals surface area (Å²) in [6, 6.07) is 20.0. The molecule has 0 aliphatic heterocycles. The van der Waals surface area contributed by atoms with E-state index in [1.54, 1.807) is 41.2 Å². The zero-order valence-electron chi connectivity index (χ0n) is 13.7. The number of benzene rings is 2. The molecule has 1 amide bonds. The van der Waals surface area contributed by atoms with Crippen LogP contribution in [0.15, 0.2) is 83.6 Å². The Kier molecular flexibility index (Phi) is 7.06. The summed E-state index contributed by atoms with van der Waals surface area (Å²) >= 11 is 3.36. The first-order valence-corrected chi connectivity index (χ1v) is 8.55. The van der Waals surface area contributed by atoms with Crippen LogP contribution in [0.5, 0.6) is 0 Å². The number of hydrogen-bond acceptors (Lipinski definition) is 2. The number of hydrogen-bond donors (Lipinski definition) is 1. The lowest BCUT2D eigenvalue weighted by molar-refractivity contribution is -0.684. The van der Waals surface area contributed by atoms with Crippen LogP contribution in [-0.4, -0.2) is 11.7 Å². The number of nitrogens with zero attached hydrogens (tertiary/aromatic N) is 1. The zero-order valence-corrected chi connectivity index (χ0v) is 16.1. The highest BCUT2D eigenvalue weighted by atomic mass is 79.9. The Bertz CT molecular complexity index is 882. The van der Waals surface area contributed by atoms with Crippen molar-refractivity contribution in [2.45, 2.75) is 6.54 Å². The van der Waals surface area contributed by atoms with E-state index in [0.29, 0.717) is 11.1 Å². The number of nitrogens with one attached hydrogen (secondary N) is 1. The van der Waals surface area contributed by atoms with Gasteiger partial charge in [-0.15, -0.1) is 0 Å². The van der Waals surface area contributed by atoms with Gasteiger partial charge in [0.2, 0.25) is 6.54 Å². The van der Waals surface area contributed by atoms with Crippen molar-refractivity contribution in [3.63, 3.8) is 0 Å². The van der Waals surface area contributed by atoms with Crippen LogP contribution in [0.4, 0.5) is 5.69 Å². The maximum absolute atomic E-state index is 12.4. The number of halogens is 2. The van der Waals surface area contributed by atoms with Crippen molar-refractivity contribution in [1.29, 1.82) is 0 Å². The third kappa shape index (κ3) is 5.25. The van der Waals surface area contributed by atoms with Gasteiger partial charge in [-0.3, -0.25) is 9.59 Å². The minimum atomic E-state index is -0.130. The first kappa shape index (κ1) is 19.8. The molecule has 0 radical (unpaired) electrons. The van der Waals surface area contributed by atoms with Gasteiger partial charge in [0.25, 0.3) is 5.91 Å². The van der Waals surface area contributed by atoms with Gasteiger partial charge in [-0.05, 0) is 24.3 Å². The van der Waals surface area contributed by atoms with Crippen LogP contribution in [-0.2, 0) is 11.3 Å². The van der Waals surface area contributed by atoms with E-state index in [4.69, 9.17) is 0 Å². The predicted octanol–water partition coefficient (Wildman–Crippen LogP) is 0.610. The standard InChI is InChI=1S/C20H15BrN2O2.ClH/c21-17-6-8-18(9-7-17)22-19(24)14-23-12-10-16(11-13-23)20(25)15-4-2-1-3-5-15;/h1-13H,14H2;1H. The van der Waals surface area contributed by atoms with Gasteiger partial charge in [-0.2, -0.15) is 4.57 Å². The summed E-state index contributed by atoms with van der Waals surface area (Å²) in [7, 11) is 0. The summed E-state index contributed by atoms with van der Waals surface area (Å²) in [6.45, 7) is 0.176. The summed E-state index contributed by atoms with van der Waals surface area (Å²) in [5, 5.41) is 2.83. The van der Waals surface area contributed by atoms with Crippen molar-refractivity contribution >= 4 is 33.3 Å². The number of amides is 1. The van der Waals surface area contributed by atoms with Crippen molar-refractivity contribution in [3.05, 3.63) is 94.7 Å². The van der Waals surface area contributed by atoms with Crippen molar-refractivity contribution in [2.24, 2.45) is 0 Å². The molecule has 0 aliphatic rings. The summed E-state index contributed by atoms with van der Waals surface area (Å²) < 4.78 is 2.69. The van der Waals surface area contributed by atoms with Crippen LogP contribution < -0.4 is 22.3 Å². The monoisotopic (exact) mass is 430 g/mol. The molecule has 0 saturated carbocycles. The fourth-order valence-corrected chi connectivity index (χ4v) is 2.63. The Balaban J connectivity index is 0.00000243. The zero-order chi connectivity index (χ0) is 17.6. The number of carbonyl (C=O) groups is 2. The maximum Gasteiger partial charge on any atom is 0.290 e. The first-order chi connectivity index (χ1) is 12.1. The average Bonchev–Trinajstić information content (AvgIpc) is 2.64. The Morgan fingerprint density at radius 3 is 2.04 bits per heavy atom. The lowest BCUT2D eigenvalue weighted by atomic mass is 10.0. The van der Waals surface area contributed by atoms with Crippen LogP contribution >= 0.6 is 15.9 Å². The van der Waals surface area contributed by atoms with Gasteiger partial charge in [0, 0.05) is 33.4 Å². The highest BCUT2D eigenvalue weighted by molar-refractivity contribution is 9.10. The third-order valence-corrected chi connectivity index (χ3v) is 4.17. The second-order valence-corrected chi connectivity index (χ2v) is 6.43. The van der Waals surface area contributed by atoms with Gasteiger partial charge < -0.3 is 17.7 Å². The minimum absolute atomic E-state index is 0. The molecular weight excluding hydrogens is 416 g/mol. The Hall–Kier alpha value is -2.50. The Labute approximate surface area is 166 Å². The molecule has 3 aromatic rings. The van der Waals surface area contributed by atoms with E-state index >= 15 is 0 Å². The third-order valence-electron chi connectivity index (χ3n) is 3.64. The predicted molar refractivity (Wildman–Crippen MR) is 99.3 cm³/mol. The molecule has 4 nitrogen and oxygen atoms in total. The van der Waals surface area contributed by atoms with E-state index in [2.05, 4.69) is 21.2 Å². The molecular formula is C20H16BrClN2O2. The molecule has 0 saturated heterocycles. The van der Waals surface area contributed by atoms with Crippen molar-refractivity contribution in [1.82, 2.24) is 0 Å². The molecule has 0 fully saturated rings. The van der Waals surface area contributed by atoms with Gasteiger partial charge in [0.05, 0.1) is 0 Å². The van der Waals surface area contributed by atoms with Gasteiger partial charge in [-0.1, -0.05) is 46.3 Å². The van der Waals surface area contributed by atoms with Crippen molar-refractivity contribution in [3.8, 4) is 0 Å². The van der Waals surface area contributed by atoms with Gasteiger partial charge in [0.15, 0.2) is 18.2 Å². The lowest BCUT2D eigenvalue weighted by Gasteiger charge is -2.04. The number of carbonyl (C=O) groups excluding carboxylic acids is 2. The Morgan fingerprint density at radius 2 is 1.42 bits per heavy atom. The Morgan fingerprint density at radius 1 is 0.846 bits per heavy atom. The summed E-state index contributed by atoms with van der Waals surface area (Å²) in [4.78, 5) is 24.5. The van der Waals surface area contributed by atoms with Gasteiger partial charge in [0.1, 0.15) is 0 Å². The molecule has 0 atom stereocenters. The van der Waals surface area contributed by atoms with E-state index in [0.717, 1.165) is 10.2 Å². The number of pyridine rings is 1. The molecule has 0 aliphatic carbocycles. The summed E-state index contributed by atoms with van der Waals surface area (Å²) in [5.74, 6) is -0.165. The van der Waals surface area contributed by atoms with Crippen molar-refractivity contribution < 1.29 is 26.6 Å². The highest BCUT2D eigenvalue weighted by Crippen LogP contribution is 2.14. The first-order valence-electron chi connectivity index (χ1n) is 7.76. The van der Waals surface area contributed by atoms with Crippen LogP contribution in [0.2, 0.25) is 0 Å². The second kappa shape index (κ2) is 9.27. The molecule has 3 rings (SSSR count). The molecule has 0 spiro atoms. The SMILES string of the molecule is O=C(C[n+]1ccc(C(=O)c2ccccc2)cc1)Nc1ccc(Br)cc1.[Cl-]. The highest BCUT2D eigenvalue weighted by Gasteiger charge is 2.13. The fraction of sp³-hybridized carbons (Fsp3) is 0.0500. The molecule has 1 aromatic heterocycles. The molecule has 0 bridgehead atoms. The van der Waals surface area contributed by atoms with Gasteiger partial charge in [-0.25, -0.2) is 0 Å². The number of aromatic nitrogens is 1. The van der Waals surface area contributed by atoms with Crippen LogP contribution in [0.1, 0.15) is 15.9 Å². The van der Waals surface area contributed by atoms with E-state index in [1.807, 2.05) is 42.5 Å². The van der Waals surface area contributed by atoms with Crippen LogP contribution in [0.25, 0.3) is 0 Å². The molecule has 132 valence electrons. The summed E-state index contributed by atoms with van der Waals surface area (Å²) in [6.07, 6.45) is 3.47. The maximum atomic E-state index is 12.4. The van der Waals surface area contributed by atoms with E-state index in [-0.39, 0.29) is 30.6 Å². The lowest BCUT2D eigenvalue weighted by Crippen LogP contribution is -3.00. The van der Waals surface area contributed by atoms with Crippen molar-refractivity contribution in [2.75, 3.05) is 5.32 Å². The normalized spacial score (nSPS) is 9.88. The number of anilines is 1. The molecule has 1 N–H and O–H groups in total. The molecule has 1 heterocycles. The fourth-order valence-electron chi connectivity index (χ4n) is 2.37. The van der Waals surface area contributed by atoms with E-state index in [1.165, 1.54) is 0 Å².